The van der Waals surface area contributed by atoms with Crippen molar-refractivity contribution >= 4 is 17.5 Å². The Kier molecular flexibility index (Phi) is 5.12. The van der Waals surface area contributed by atoms with Gasteiger partial charge in [-0.2, -0.15) is 0 Å². The summed E-state index contributed by atoms with van der Waals surface area (Å²) in [7, 11) is 3.35. The smallest absolute Gasteiger partial charge is 0.259 e. The third-order valence-electron chi connectivity index (χ3n) is 3.77. The number of pyridine rings is 1. The maximum atomic E-state index is 12.3. The lowest BCUT2D eigenvalue weighted by atomic mass is 10.2. The summed E-state index contributed by atoms with van der Waals surface area (Å²) in [6.07, 6.45) is 3.22. The first kappa shape index (κ1) is 17.4. The van der Waals surface area contributed by atoms with Crippen molar-refractivity contribution in [1.29, 1.82) is 0 Å². The monoisotopic (exact) mass is 353 g/mol. The predicted octanol–water partition coefficient (Wildman–Crippen LogP) is 1.13. The lowest BCUT2D eigenvalue weighted by molar-refractivity contribution is -0.130. The average Bonchev–Trinajstić information content (AvgIpc) is 3.12. The van der Waals surface area contributed by atoms with Crippen LogP contribution in [-0.2, 0) is 11.3 Å². The van der Waals surface area contributed by atoms with Crippen molar-refractivity contribution in [3.63, 3.8) is 0 Å². The molecule has 0 bridgehead atoms. The summed E-state index contributed by atoms with van der Waals surface area (Å²) in [5, 5.41) is 10.5. The third kappa shape index (κ3) is 4.15. The van der Waals surface area contributed by atoms with E-state index in [-0.39, 0.29) is 18.4 Å². The molecule has 8 nitrogen and oxygen atoms in total. The molecule has 2 aromatic heterocycles. The van der Waals surface area contributed by atoms with Crippen LogP contribution in [0.25, 0.3) is 5.65 Å². The van der Waals surface area contributed by atoms with Crippen LogP contribution in [0.5, 0.6) is 5.75 Å². The minimum absolute atomic E-state index is 0.0260. The Morgan fingerprint density at radius 2 is 2.08 bits per heavy atom. The second-order valence-electron chi connectivity index (χ2n) is 5.92. The zero-order chi connectivity index (χ0) is 18.5. The highest BCUT2D eigenvalue weighted by Gasteiger charge is 2.08. The van der Waals surface area contributed by atoms with E-state index < -0.39 is 0 Å². The van der Waals surface area contributed by atoms with Crippen molar-refractivity contribution in [2.45, 2.75) is 6.54 Å². The minimum Gasteiger partial charge on any atom is -0.484 e. The molecule has 3 rings (SSSR count). The Morgan fingerprint density at radius 1 is 1.23 bits per heavy atom. The predicted molar refractivity (Wildman–Crippen MR) is 94.8 cm³/mol. The molecule has 3 aromatic rings. The standard InChI is InChI=1S/C18H19N5O3/c1-22(2)17(24)11-26-15-5-3-4-13(8-15)9-19-18(25)14-6-7-16-21-20-12-23(16)10-14/h3-8,10,12H,9,11H2,1-2H3,(H,19,25). The van der Waals surface area contributed by atoms with E-state index >= 15 is 0 Å². The van der Waals surface area contributed by atoms with Crippen LogP contribution in [-0.4, -0.2) is 52.0 Å². The first-order chi connectivity index (χ1) is 12.5. The summed E-state index contributed by atoms with van der Waals surface area (Å²) in [5.41, 5.74) is 2.07. The molecule has 0 spiro atoms. The van der Waals surface area contributed by atoms with Crippen molar-refractivity contribution in [3.8, 4) is 5.75 Å². The van der Waals surface area contributed by atoms with Crippen LogP contribution in [0.1, 0.15) is 15.9 Å². The van der Waals surface area contributed by atoms with Crippen LogP contribution in [0.2, 0.25) is 0 Å². The van der Waals surface area contributed by atoms with E-state index in [1.807, 2.05) is 12.1 Å². The molecule has 1 N–H and O–H groups in total. The van der Waals surface area contributed by atoms with E-state index in [1.165, 1.54) is 4.90 Å². The van der Waals surface area contributed by atoms with Gasteiger partial charge in [-0.15, -0.1) is 10.2 Å². The fourth-order valence-electron chi connectivity index (χ4n) is 2.27. The first-order valence-corrected chi connectivity index (χ1v) is 8.02. The van der Waals surface area contributed by atoms with Crippen molar-refractivity contribution in [3.05, 3.63) is 60.0 Å². The number of hydrogen-bond donors (Lipinski definition) is 1. The number of ether oxygens (including phenoxy) is 1. The highest BCUT2D eigenvalue weighted by atomic mass is 16.5. The molecule has 26 heavy (non-hydrogen) atoms. The first-order valence-electron chi connectivity index (χ1n) is 8.02. The molecule has 2 amide bonds. The van der Waals surface area contributed by atoms with Gasteiger partial charge in [0.2, 0.25) is 0 Å². The quantitative estimate of drug-likeness (QED) is 0.717. The second kappa shape index (κ2) is 7.64. The molecule has 0 fully saturated rings. The number of amides is 2. The van der Waals surface area contributed by atoms with Gasteiger partial charge in [-0.1, -0.05) is 12.1 Å². The topological polar surface area (TPSA) is 88.8 Å². The Labute approximate surface area is 150 Å². The van der Waals surface area contributed by atoms with Crippen LogP contribution in [0.15, 0.2) is 48.9 Å². The summed E-state index contributed by atoms with van der Waals surface area (Å²) in [6.45, 7) is 0.319. The fourth-order valence-corrected chi connectivity index (χ4v) is 2.27. The summed E-state index contributed by atoms with van der Waals surface area (Å²) in [4.78, 5) is 25.4. The SMILES string of the molecule is CN(C)C(=O)COc1cccc(CNC(=O)c2ccc3nncn3c2)c1. The Morgan fingerprint density at radius 3 is 2.88 bits per heavy atom. The van der Waals surface area contributed by atoms with Gasteiger partial charge < -0.3 is 15.0 Å². The zero-order valence-electron chi connectivity index (χ0n) is 14.5. The van der Waals surface area contributed by atoms with E-state index in [4.69, 9.17) is 4.74 Å². The lowest BCUT2D eigenvalue weighted by Crippen LogP contribution is -2.27. The number of likely N-dealkylation sites (N-methyl/N-ethyl adjacent to an activating group) is 1. The summed E-state index contributed by atoms with van der Waals surface area (Å²) >= 11 is 0. The van der Waals surface area contributed by atoms with Crippen LogP contribution in [0.3, 0.4) is 0 Å². The molecule has 134 valence electrons. The molecule has 2 heterocycles. The van der Waals surface area contributed by atoms with Gasteiger partial charge in [0.25, 0.3) is 11.8 Å². The number of fused-ring (bicyclic) bond motifs is 1. The molecule has 0 unspecified atom stereocenters. The highest BCUT2D eigenvalue weighted by Crippen LogP contribution is 2.13. The van der Waals surface area contributed by atoms with Gasteiger partial charge in [-0.25, -0.2) is 0 Å². The summed E-state index contributed by atoms with van der Waals surface area (Å²) < 4.78 is 7.17. The number of rotatable bonds is 6. The molecule has 8 heteroatoms. The second-order valence-corrected chi connectivity index (χ2v) is 5.92. The van der Waals surface area contributed by atoms with Crippen LogP contribution < -0.4 is 10.1 Å². The number of carbonyl (C=O) groups excluding carboxylic acids is 2. The van der Waals surface area contributed by atoms with E-state index in [1.54, 1.807) is 55.3 Å². The van der Waals surface area contributed by atoms with Crippen molar-refractivity contribution < 1.29 is 14.3 Å². The van der Waals surface area contributed by atoms with Crippen LogP contribution in [0, 0.1) is 0 Å². The average molecular weight is 353 g/mol. The van der Waals surface area contributed by atoms with Gasteiger partial charge in [0.1, 0.15) is 12.1 Å². The van der Waals surface area contributed by atoms with Crippen LogP contribution in [0.4, 0.5) is 0 Å². The molecule has 0 aliphatic rings. The number of nitrogens with one attached hydrogen (secondary N) is 1. The molecule has 0 saturated carbocycles. The van der Waals surface area contributed by atoms with Gasteiger partial charge in [-0.3, -0.25) is 14.0 Å². The fraction of sp³-hybridized carbons (Fsp3) is 0.222. The number of aromatic nitrogens is 3. The molecular formula is C18H19N5O3. The number of carbonyl (C=O) groups is 2. The van der Waals surface area contributed by atoms with Gasteiger partial charge in [0.05, 0.1) is 5.56 Å². The lowest BCUT2D eigenvalue weighted by Gasteiger charge is -2.12. The molecule has 0 aliphatic carbocycles. The Balaban J connectivity index is 1.59. The largest absolute Gasteiger partial charge is 0.484 e. The maximum absolute atomic E-state index is 12.3. The molecule has 1 aromatic carbocycles. The van der Waals surface area contributed by atoms with Gasteiger partial charge in [-0.05, 0) is 29.8 Å². The van der Waals surface area contributed by atoms with E-state index in [2.05, 4.69) is 15.5 Å². The Bertz CT molecular complexity index is 935. The summed E-state index contributed by atoms with van der Waals surface area (Å²) in [5.74, 6) is 0.264. The van der Waals surface area contributed by atoms with Crippen molar-refractivity contribution in [1.82, 2.24) is 24.8 Å². The van der Waals surface area contributed by atoms with Gasteiger partial charge in [0, 0.05) is 26.8 Å². The minimum atomic E-state index is -0.199. The Hall–Kier alpha value is -3.42. The molecule has 0 radical (unpaired) electrons. The van der Waals surface area contributed by atoms with Crippen molar-refractivity contribution in [2.75, 3.05) is 20.7 Å². The molecule has 0 saturated heterocycles. The normalized spacial score (nSPS) is 10.5. The number of nitrogens with zero attached hydrogens (tertiary/aromatic N) is 4. The molecule has 0 atom stereocenters. The number of benzene rings is 1. The van der Waals surface area contributed by atoms with Gasteiger partial charge in [0.15, 0.2) is 12.3 Å². The number of hydrogen-bond acceptors (Lipinski definition) is 5. The zero-order valence-corrected chi connectivity index (χ0v) is 14.5. The third-order valence-corrected chi connectivity index (χ3v) is 3.77. The molecular weight excluding hydrogens is 334 g/mol. The van der Waals surface area contributed by atoms with Crippen LogP contribution >= 0.6 is 0 Å². The maximum Gasteiger partial charge on any atom is 0.259 e. The van der Waals surface area contributed by atoms with E-state index in [0.29, 0.717) is 23.5 Å². The van der Waals surface area contributed by atoms with E-state index in [9.17, 15) is 9.59 Å². The van der Waals surface area contributed by atoms with Crippen molar-refractivity contribution in [2.24, 2.45) is 0 Å². The summed E-state index contributed by atoms with van der Waals surface area (Å²) in [6, 6.07) is 10.7. The van der Waals surface area contributed by atoms with E-state index in [0.717, 1.165) is 5.56 Å². The molecule has 0 aliphatic heterocycles. The highest BCUT2D eigenvalue weighted by molar-refractivity contribution is 5.94. The van der Waals surface area contributed by atoms with Gasteiger partial charge >= 0.3 is 0 Å².